The second-order valence-electron chi connectivity index (χ2n) is 13.1. The van der Waals surface area contributed by atoms with Crippen LogP contribution in [0.15, 0.2) is 30.3 Å². The predicted octanol–water partition coefficient (Wildman–Crippen LogP) is 3.24. The summed E-state index contributed by atoms with van der Waals surface area (Å²) in [7, 11) is 0. The van der Waals surface area contributed by atoms with E-state index in [1.807, 2.05) is 71.9 Å². The van der Waals surface area contributed by atoms with Crippen LogP contribution in [0.25, 0.3) is 0 Å². The van der Waals surface area contributed by atoms with Gasteiger partial charge in [-0.2, -0.15) is 0 Å². The Hall–Kier alpha value is -3.09. The van der Waals surface area contributed by atoms with Gasteiger partial charge in [0.25, 0.3) is 0 Å². The predicted molar refractivity (Wildman–Crippen MR) is 154 cm³/mol. The van der Waals surface area contributed by atoms with Crippen molar-refractivity contribution in [3.05, 3.63) is 35.9 Å². The molecule has 0 radical (unpaired) electrons. The summed E-state index contributed by atoms with van der Waals surface area (Å²) in [6.07, 6.45) is -1.14. The molecule has 5 rings (SSSR count). The Bertz CT molecular complexity index is 1050. The summed E-state index contributed by atoms with van der Waals surface area (Å²) in [6, 6.07) is 9.58. The van der Waals surface area contributed by atoms with Crippen LogP contribution in [-0.4, -0.2) is 121 Å². The molecule has 0 aliphatic carbocycles. The highest BCUT2D eigenvalue weighted by Gasteiger charge is 2.40. The highest BCUT2D eigenvalue weighted by atomic mass is 16.6. The number of fused-ring (bicyclic) bond motifs is 4. The van der Waals surface area contributed by atoms with Crippen LogP contribution >= 0.6 is 0 Å². The molecule has 4 saturated heterocycles. The fourth-order valence-electron chi connectivity index (χ4n) is 5.16. The quantitative estimate of drug-likeness (QED) is 0.518. The van der Waals surface area contributed by atoms with E-state index in [9.17, 15) is 14.4 Å². The molecular weight excluding hydrogens is 544 g/mol. The smallest absolute Gasteiger partial charge is 0.410 e. The standard InChI is InChI=1S/C19H26N2O5.C11H20N2O3/c1-19(2,3)26-18(23)21-11-15-9-20(10-16(12-21)25-15)17(22)24-13-14-7-5-4-6-8-14;1-11(2,3)16-10(14)13-6-8-4-12-5-9(7-13)15-8/h4-8,15-16H,9-13H2,1-3H3;8-9,12H,4-7H2,1-3H3. The Labute approximate surface area is 248 Å². The van der Waals surface area contributed by atoms with Crippen molar-refractivity contribution < 1.29 is 38.1 Å². The first kappa shape index (κ1) is 31.8. The van der Waals surface area contributed by atoms with E-state index in [0.717, 1.165) is 18.7 Å². The Balaban J connectivity index is 0.000000216. The number of carbonyl (C=O) groups excluding carboxylic acids is 3. The highest BCUT2D eigenvalue weighted by Crippen LogP contribution is 2.22. The van der Waals surface area contributed by atoms with Gasteiger partial charge >= 0.3 is 18.3 Å². The first-order valence-electron chi connectivity index (χ1n) is 14.7. The first-order chi connectivity index (χ1) is 19.7. The molecule has 12 nitrogen and oxygen atoms in total. The van der Waals surface area contributed by atoms with Gasteiger partial charge in [-0.05, 0) is 47.1 Å². The maximum absolute atomic E-state index is 12.3. The molecule has 12 heteroatoms. The number of ether oxygens (including phenoxy) is 5. The average Bonchev–Trinajstić information content (AvgIpc) is 2.90. The number of morpholine rings is 4. The third-order valence-corrected chi connectivity index (χ3v) is 6.82. The van der Waals surface area contributed by atoms with Crippen LogP contribution in [-0.2, 0) is 30.3 Å². The minimum absolute atomic E-state index is 0.111. The molecule has 4 aliphatic rings. The van der Waals surface area contributed by atoms with Crippen LogP contribution in [0.4, 0.5) is 14.4 Å². The lowest BCUT2D eigenvalue weighted by molar-refractivity contribution is -0.131. The molecule has 4 atom stereocenters. The molecule has 1 aromatic rings. The molecule has 1 aromatic carbocycles. The molecule has 4 bridgehead atoms. The minimum atomic E-state index is -0.530. The van der Waals surface area contributed by atoms with Gasteiger partial charge in [0.05, 0.1) is 63.7 Å². The number of nitrogens with one attached hydrogen (secondary N) is 1. The number of rotatable bonds is 2. The van der Waals surface area contributed by atoms with E-state index in [1.165, 1.54) is 0 Å². The van der Waals surface area contributed by atoms with Gasteiger partial charge in [0.15, 0.2) is 0 Å². The maximum Gasteiger partial charge on any atom is 0.410 e. The average molecular weight is 591 g/mol. The number of nitrogens with zero attached hydrogens (tertiary/aromatic N) is 3. The van der Waals surface area contributed by atoms with Crippen LogP contribution < -0.4 is 5.32 Å². The lowest BCUT2D eigenvalue weighted by Crippen LogP contribution is -2.61. The van der Waals surface area contributed by atoms with E-state index in [2.05, 4.69) is 5.32 Å². The number of hydrogen-bond acceptors (Lipinski definition) is 9. The highest BCUT2D eigenvalue weighted by molar-refractivity contribution is 5.70. The largest absolute Gasteiger partial charge is 0.445 e. The van der Waals surface area contributed by atoms with Gasteiger partial charge in [-0.1, -0.05) is 30.3 Å². The van der Waals surface area contributed by atoms with Gasteiger partial charge < -0.3 is 43.7 Å². The van der Waals surface area contributed by atoms with Crippen molar-refractivity contribution in [2.75, 3.05) is 52.4 Å². The van der Waals surface area contributed by atoms with Crippen LogP contribution in [0, 0.1) is 0 Å². The molecular formula is C30H46N4O8. The molecule has 4 aliphatic heterocycles. The third-order valence-electron chi connectivity index (χ3n) is 6.82. The Kier molecular flexibility index (Phi) is 10.2. The van der Waals surface area contributed by atoms with Crippen LogP contribution in [0.3, 0.4) is 0 Å². The van der Waals surface area contributed by atoms with Crippen molar-refractivity contribution in [1.29, 1.82) is 0 Å². The summed E-state index contributed by atoms with van der Waals surface area (Å²) in [5.74, 6) is 0. The Morgan fingerprint density at radius 2 is 1.10 bits per heavy atom. The van der Waals surface area contributed by atoms with Crippen molar-refractivity contribution >= 4 is 18.3 Å². The van der Waals surface area contributed by atoms with Gasteiger partial charge in [-0.3, -0.25) is 0 Å². The summed E-state index contributed by atoms with van der Waals surface area (Å²) < 4.78 is 27.8. The van der Waals surface area contributed by atoms with Crippen molar-refractivity contribution in [1.82, 2.24) is 20.0 Å². The number of hydrogen-bond donors (Lipinski definition) is 1. The summed E-state index contributed by atoms with van der Waals surface area (Å²) in [4.78, 5) is 41.6. The van der Waals surface area contributed by atoms with Crippen LogP contribution in [0.5, 0.6) is 0 Å². The van der Waals surface area contributed by atoms with E-state index in [0.29, 0.717) is 39.3 Å². The van der Waals surface area contributed by atoms with Gasteiger partial charge in [-0.25, -0.2) is 14.4 Å². The van der Waals surface area contributed by atoms with Gasteiger partial charge in [-0.15, -0.1) is 0 Å². The molecule has 4 fully saturated rings. The zero-order valence-corrected chi connectivity index (χ0v) is 25.7. The second-order valence-corrected chi connectivity index (χ2v) is 13.1. The van der Waals surface area contributed by atoms with E-state index >= 15 is 0 Å². The molecule has 42 heavy (non-hydrogen) atoms. The molecule has 3 amide bonds. The maximum atomic E-state index is 12.3. The number of amides is 3. The van der Waals surface area contributed by atoms with E-state index in [1.54, 1.807) is 14.7 Å². The molecule has 4 heterocycles. The minimum Gasteiger partial charge on any atom is -0.445 e. The molecule has 234 valence electrons. The van der Waals surface area contributed by atoms with E-state index < -0.39 is 11.2 Å². The van der Waals surface area contributed by atoms with Gasteiger partial charge in [0, 0.05) is 13.1 Å². The SMILES string of the molecule is CC(C)(C)OC(=O)N1CC2CN(C(=O)OCc3ccccc3)CC(C1)O2.CC(C)(C)OC(=O)N1CC2CNCC(C1)O2. The number of carbonyl (C=O) groups is 3. The Morgan fingerprint density at radius 1 is 0.690 bits per heavy atom. The van der Waals surface area contributed by atoms with Gasteiger partial charge in [0.2, 0.25) is 0 Å². The summed E-state index contributed by atoms with van der Waals surface area (Å²) in [6.45, 7) is 15.9. The fourth-order valence-corrected chi connectivity index (χ4v) is 5.16. The molecule has 0 spiro atoms. The number of benzene rings is 1. The first-order valence-corrected chi connectivity index (χ1v) is 14.7. The summed E-state index contributed by atoms with van der Waals surface area (Å²) >= 11 is 0. The zero-order chi connectivity index (χ0) is 30.5. The normalized spacial score (nSPS) is 25.5. The van der Waals surface area contributed by atoms with Crippen LogP contribution in [0.2, 0.25) is 0 Å². The molecule has 1 N–H and O–H groups in total. The topological polar surface area (TPSA) is 119 Å². The zero-order valence-electron chi connectivity index (χ0n) is 25.7. The van der Waals surface area contributed by atoms with Crippen LogP contribution in [0.1, 0.15) is 47.1 Å². The monoisotopic (exact) mass is 590 g/mol. The van der Waals surface area contributed by atoms with Crippen molar-refractivity contribution in [2.45, 2.75) is 83.8 Å². The fraction of sp³-hybridized carbons (Fsp3) is 0.700. The van der Waals surface area contributed by atoms with Crippen molar-refractivity contribution in [2.24, 2.45) is 0 Å². The summed E-state index contributed by atoms with van der Waals surface area (Å²) in [5, 5.41) is 3.29. The van der Waals surface area contributed by atoms with E-state index in [4.69, 9.17) is 23.7 Å². The third kappa shape index (κ3) is 9.74. The van der Waals surface area contributed by atoms with Gasteiger partial charge in [0.1, 0.15) is 17.8 Å². The second kappa shape index (κ2) is 13.5. The lowest BCUT2D eigenvalue weighted by Gasteiger charge is -2.45. The molecule has 4 unspecified atom stereocenters. The molecule has 0 aromatic heterocycles. The van der Waals surface area contributed by atoms with Crippen molar-refractivity contribution in [3.8, 4) is 0 Å². The lowest BCUT2D eigenvalue weighted by atomic mass is 10.1. The Morgan fingerprint density at radius 3 is 1.55 bits per heavy atom. The molecule has 0 saturated carbocycles. The summed E-state index contributed by atoms with van der Waals surface area (Å²) in [5.41, 5.74) is -0.00836. The van der Waals surface area contributed by atoms with Crippen molar-refractivity contribution in [3.63, 3.8) is 0 Å². The van der Waals surface area contributed by atoms with E-state index in [-0.39, 0.29) is 49.3 Å².